The van der Waals surface area contributed by atoms with Gasteiger partial charge >= 0.3 is 5.97 Å². The van der Waals surface area contributed by atoms with E-state index in [4.69, 9.17) is 14.6 Å². The first kappa shape index (κ1) is 21.8. The van der Waals surface area contributed by atoms with Gasteiger partial charge in [-0.1, -0.05) is 25.0 Å². The van der Waals surface area contributed by atoms with Crippen LogP contribution in [0.2, 0.25) is 0 Å². The number of aliphatic carboxylic acids is 1. The highest BCUT2D eigenvalue weighted by Gasteiger charge is 2.46. The highest BCUT2D eigenvalue weighted by molar-refractivity contribution is 5.67. The monoisotopic (exact) mass is 396 g/mol. The molecule has 0 heterocycles. The Kier molecular flexibility index (Phi) is 8.33. The third-order valence-corrected chi connectivity index (χ3v) is 6.85. The van der Waals surface area contributed by atoms with Gasteiger partial charge < -0.3 is 24.8 Å². The van der Waals surface area contributed by atoms with Crippen LogP contribution in [0.3, 0.4) is 0 Å². The molecule has 0 spiro atoms. The Bertz CT molecular complexity index is 515. The van der Waals surface area contributed by atoms with Crippen molar-refractivity contribution < 1.29 is 29.6 Å². The van der Waals surface area contributed by atoms with Crippen LogP contribution in [0.4, 0.5) is 0 Å². The molecule has 0 aromatic rings. The molecule has 28 heavy (non-hydrogen) atoms. The summed E-state index contributed by atoms with van der Waals surface area (Å²) in [5.41, 5.74) is 0. The van der Waals surface area contributed by atoms with E-state index in [1.54, 1.807) is 0 Å². The van der Waals surface area contributed by atoms with Gasteiger partial charge in [-0.05, 0) is 56.3 Å². The van der Waals surface area contributed by atoms with Crippen LogP contribution in [0, 0.1) is 23.7 Å². The summed E-state index contributed by atoms with van der Waals surface area (Å²) in [5.74, 6) is 0.704. The lowest BCUT2D eigenvalue weighted by Crippen LogP contribution is -2.19. The standard InChI is InChI=1S/C22H36O6/c23-17(8-10-28-18-3-1-2-4-18)5-6-19-20-12-15(7-9-27-14-22(25)26)11-16(20)13-21(19)24/h5-6,15-21,23-24H,1-4,7-14H2,(H,25,26)/t15?,16-,17?,19-,20+,21-/m0/s1. The van der Waals surface area contributed by atoms with Crippen LogP contribution >= 0.6 is 0 Å². The Hall–Kier alpha value is -0.950. The number of carboxylic acids is 1. The van der Waals surface area contributed by atoms with Gasteiger partial charge in [0, 0.05) is 25.6 Å². The molecule has 3 saturated carbocycles. The number of hydrogen-bond acceptors (Lipinski definition) is 5. The van der Waals surface area contributed by atoms with Gasteiger partial charge in [-0.15, -0.1) is 0 Å². The summed E-state index contributed by atoms with van der Waals surface area (Å²) in [6.07, 6.45) is 12.6. The van der Waals surface area contributed by atoms with Crippen LogP contribution < -0.4 is 0 Å². The molecule has 0 radical (unpaired) electrons. The molecule has 3 aliphatic rings. The molecule has 3 fully saturated rings. The van der Waals surface area contributed by atoms with Gasteiger partial charge in [-0.25, -0.2) is 4.79 Å². The summed E-state index contributed by atoms with van der Waals surface area (Å²) in [6, 6.07) is 0. The fourth-order valence-corrected chi connectivity index (χ4v) is 5.45. The van der Waals surface area contributed by atoms with Crippen molar-refractivity contribution in [2.24, 2.45) is 23.7 Å². The number of aliphatic hydroxyl groups is 2. The zero-order valence-electron chi connectivity index (χ0n) is 16.7. The third kappa shape index (κ3) is 6.28. The van der Waals surface area contributed by atoms with Crippen molar-refractivity contribution in [2.75, 3.05) is 19.8 Å². The van der Waals surface area contributed by atoms with Gasteiger partial charge in [0.2, 0.25) is 0 Å². The third-order valence-electron chi connectivity index (χ3n) is 6.85. The number of carboxylic acid groups (broad SMARTS) is 1. The molecule has 3 N–H and O–H groups in total. The first-order chi connectivity index (χ1) is 13.5. The van der Waals surface area contributed by atoms with Crippen LogP contribution in [0.5, 0.6) is 0 Å². The quantitative estimate of drug-likeness (QED) is 0.367. The highest BCUT2D eigenvalue weighted by Crippen LogP contribution is 2.51. The lowest BCUT2D eigenvalue weighted by atomic mass is 9.89. The average molecular weight is 397 g/mol. The minimum absolute atomic E-state index is 0.111. The molecule has 0 saturated heterocycles. The smallest absolute Gasteiger partial charge is 0.329 e. The molecule has 3 aliphatic carbocycles. The number of aliphatic hydroxyl groups excluding tert-OH is 2. The van der Waals surface area contributed by atoms with Crippen molar-refractivity contribution in [1.82, 2.24) is 0 Å². The van der Waals surface area contributed by atoms with Gasteiger partial charge in [0.25, 0.3) is 0 Å². The summed E-state index contributed by atoms with van der Waals surface area (Å²) in [7, 11) is 0. The van der Waals surface area contributed by atoms with Crippen molar-refractivity contribution in [2.45, 2.75) is 76.1 Å². The Balaban J connectivity index is 1.38. The van der Waals surface area contributed by atoms with Crippen LogP contribution in [0.1, 0.15) is 57.8 Å². The molecule has 6 heteroatoms. The number of rotatable bonds is 11. The van der Waals surface area contributed by atoms with Crippen molar-refractivity contribution in [3.8, 4) is 0 Å². The molecule has 0 aromatic carbocycles. The van der Waals surface area contributed by atoms with E-state index < -0.39 is 12.1 Å². The normalized spacial score (nSPS) is 34.3. The number of carbonyl (C=O) groups is 1. The summed E-state index contributed by atoms with van der Waals surface area (Å²) in [5, 5.41) is 29.3. The Morgan fingerprint density at radius 2 is 1.93 bits per heavy atom. The van der Waals surface area contributed by atoms with Gasteiger partial charge in [0.1, 0.15) is 6.61 Å². The molecule has 0 aromatic heterocycles. The van der Waals surface area contributed by atoms with Gasteiger partial charge in [-0.2, -0.15) is 0 Å². The molecular weight excluding hydrogens is 360 g/mol. The lowest BCUT2D eigenvalue weighted by Gasteiger charge is -2.19. The lowest BCUT2D eigenvalue weighted by molar-refractivity contribution is -0.142. The van der Waals surface area contributed by atoms with Gasteiger partial charge in [0.15, 0.2) is 0 Å². The van der Waals surface area contributed by atoms with E-state index in [1.807, 2.05) is 12.2 Å². The second-order valence-corrected chi connectivity index (χ2v) is 8.89. The van der Waals surface area contributed by atoms with E-state index in [2.05, 4.69) is 0 Å². The molecule has 6 atom stereocenters. The summed E-state index contributed by atoms with van der Waals surface area (Å²) in [4.78, 5) is 10.5. The van der Waals surface area contributed by atoms with Crippen LogP contribution in [0.15, 0.2) is 12.2 Å². The number of hydrogen-bond donors (Lipinski definition) is 3. The Labute approximate surface area is 167 Å². The summed E-state index contributed by atoms with van der Waals surface area (Å²) < 4.78 is 11.0. The zero-order chi connectivity index (χ0) is 19.9. The molecular formula is C22H36O6. The van der Waals surface area contributed by atoms with Crippen molar-refractivity contribution in [1.29, 1.82) is 0 Å². The molecule has 160 valence electrons. The largest absolute Gasteiger partial charge is 0.480 e. The van der Waals surface area contributed by atoms with Gasteiger partial charge in [-0.3, -0.25) is 0 Å². The van der Waals surface area contributed by atoms with Crippen molar-refractivity contribution in [3.63, 3.8) is 0 Å². The average Bonchev–Trinajstić information content (AvgIpc) is 3.34. The predicted octanol–water partition coefficient (Wildman–Crippen LogP) is 2.77. The Morgan fingerprint density at radius 3 is 2.68 bits per heavy atom. The SMILES string of the molecule is O=C(O)COCCC1C[C@H]2C[C@H](O)[C@@H](C=CC(O)CCOC3CCCC3)[C@@H]2C1. The molecule has 6 nitrogen and oxygen atoms in total. The maximum atomic E-state index is 10.5. The van der Waals surface area contributed by atoms with Crippen molar-refractivity contribution in [3.05, 3.63) is 12.2 Å². The van der Waals surface area contributed by atoms with Crippen LogP contribution in [0.25, 0.3) is 0 Å². The zero-order valence-corrected chi connectivity index (χ0v) is 16.7. The van der Waals surface area contributed by atoms with E-state index >= 15 is 0 Å². The van der Waals surface area contributed by atoms with Crippen molar-refractivity contribution >= 4 is 5.97 Å². The van der Waals surface area contributed by atoms with Crippen LogP contribution in [-0.4, -0.2) is 59.4 Å². The van der Waals surface area contributed by atoms with E-state index in [1.165, 1.54) is 12.8 Å². The number of fused-ring (bicyclic) bond motifs is 1. The fraction of sp³-hybridized carbons (Fsp3) is 0.864. The molecule has 0 bridgehead atoms. The molecule has 2 unspecified atom stereocenters. The first-order valence-electron chi connectivity index (χ1n) is 11.0. The number of ether oxygens (including phenoxy) is 2. The van der Waals surface area contributed by atoms with E-state index in [0.29, 0.717) is 43.5 Å². The molecule has 0 aliphatic heterocycles. The fourth-order valence-electron chi connectivity index (χ4n) is 5.45. The minimum Gasteiger partial charge on any atom is -0.480 e. The maximum Gasteiger partial charge on any atom is 0.329 e. The minimum atomic E-state index is -0.927. The molecule has 3 rings (SSSR count). The summed E-state index contributed by atoms with van der Waals surface area (Å²) in [6.45, 7) is 0.846. The molecule has 0 amide bonds. The second-order valence-electron chi connectivity index (χ2n) is 8.89. The predicted molar refractivity (Wildman–Crippen MR) is 105 cm³/mol. The Morgan fingerprint density at radius 1 is 1.14 bits per heavy atom. The van der Waals surface area contributed by atoms with E-state index in [9.17, 15) is 15.0 Å². The van der Waals surface area contributed by atoms with Gasteiger partial charge in [0.05, 0.1) is 18.3 Å². The highest BCUT2D eigenvalue weighted by atomic mass is 16.5. The maximum absolute atomic E-state index is 10.5. The van der Waals surface area contributed by atoms with E-state index in [0.717, 1.165) is 38.5 Å². The summed E-state index contributed by atoms with van der Waals surface area (Å²) >= 11 is 0. The first-order valence-corrected chi connectivity index (χ1v) is 11.0. The van der Waals surface area contributed by atoms with E-state index in [-0.39, 0.29) is 18.6 Å². The second kappa shape index (κ2) is 10.7. The van der Waals surface area contributed by atoms with Crippen LogP contribution in [-0.2, 0) is 14.3 Å². The topological polar surface area (TPSA) is 96.2 Å².